The molecule has 66 valence electrons. The predicted molar refractivity (Wildman–Crippen MR) is 53.7 cm³/mol. The van der Waals surface area contributed by atoms with Crippen molar-refractivity contribution in [3.63, 3.8) is 0 Å². The molecule has 0 spiro atoms. The highest BCUT2D eigenvalue weighted by atomic mass is 79.9. The third-order valence-corrected chi connectivity index (χ3v) is 3.04. The third-order valence-electron chi connectivity index (χ3n) is 1.29. The van der Waals surface area contributed by atoms with Crippen molar-refractivity contribution in [2.45, 2.75) is 19.8 Å². The van der Waals surface area contributed by atoms with E-state index in [1.165, 1.54) is 0 Å². The maximum absolute atomic E-state index is 5.77. The fraction of sp³-hybridized carbons (Fsp3) is 0.429. The van der Waals surface area contributed by atoms with Crippen LogP contribution in [0.3, 0.4) is 0 Å². The van der Waals surface area contributed by atoms with E-state index in [1.54, 1.807) is 0 Å². The van der Waals surface area contributed by atoms with Gasteiger partial charge in [0.15, 0.2) is 0 Å². The van der Waals surface area contributed by atoms with Crippen LogP contribution in [0.1, 0.15) is 19.2 Å². The van der Waals surface area contributed by atoms with Gasteiger partial charge < -0.3 is 0 Å². The van der Waals surface area contributed by atoms with E-state index in [9.17, 15) is 0 Å². The third kappa shape index (κ3) is 2.31. The Morgan fingerprint density at radius 2 is 1.75 bits per heavy atom. The fourth-order valence-corrected chi connectivity index (χ4v) is 1.37. The lowest BCUT2D eigenvalue weighted by Gasteiger charge is -2.01. The minimum absolute atomic E-state index is 0.374. The summed E-state index contributed by atoms with van der Waals surface area (Å²) in [5.74, 6) is 0.690. The zero-order valence-corrected chi connectivity index (χ0v) is 9.54. The molecule has 12 heavy (non-hydrogen) atoms. The molecule has 0 saturated carbocycles. The molecule has 0 N–H and O–H groups in total. The van der Waals surface area contributed by atoms with Gasteiger partial charge in [-0.2, -0.15) is 0 Å². The Balaban J connectivity index is 3.04. The van der Waals surface area contributed by atoms with E-state index in [2.05, 4.69) is 25.9 Å². The highest BCUT2D eigenvalue weighted by Crippen LogP contribution is 2.26. The zero-order chi connectivity index (χ0) is 9.14. The minimum Gasteiger partial charge on any atom is -0.220 e. The topological polar surface area (TPSA) is 25.8 Å². The van der Waals surface area contributed by atoms with Gasteiger partial charge in [0, 0.05) is 6.42 Å². The summed E-state index contributed by atoms with van der Waals surface area (Å²) in [6.07, 6.45) is 1.78. The number of rotatable bonds is 2. The van der Waals surface area contributed by atoms with Crippen LogP contribution in [-0.2, 0) is 6.42 Å². The molecule has 0 aliphatic heterocycles. The molecule has 1 aromatic rings. The SMILES string of the molecule is CCCc1nc(Cl)c(Br)c(Cl)n1. The summed E-state index contributed by atoms with van der Waals surface area (Å²) < 4.78 is 0.561. The van der Waals surface area contributed by atoms with Gasteiger partial charge in [0.05, 0.1) is 4.47 Å². The Hall–Kier alpha value is 0.140. The molecule has 2 nitrogen and oxygen atoms in total. The summed E-state index contributed by atoms with van der Waals surface area (Å²) in [7, 11) is 0. The monoisotopic (exact) mass is 268 g/mol. The molecule has 5 heteroatoms. The largest absolute Gasteiger partial charge is 0.220 e. The van der Waals surface area contributed by atoms with E-state index in [1.807, 2.05) is 6.92 Å². The maximum Gasteiger partial charge on any atom is 0.148 e. The number of hydrogen-bond donors (Lipinski definition) is 0. The number of hydrogen-bond acceptors (Lipinski definition) is 2. The Kier molecular flexibility index (Phi) is 3.75. The summed E-state index contributed by atoms with van der Waals surface area (Å²) in [5.41, 5.74) is 0. The van der Waals surface area contributed by atoms with Gasteiger partial charge in [0.25, 0.3) is 0 Å². The summed E-state index contributed by atoms with van der Waals surface area (Å²) >= 11 is 14.7. The lowest BCUT2D eigenvalue weighted by molar-refractivity contribution is 0.832. The van der Waals surface area contributed by atoms with Crippen LogP contribution in [-0.4, -0.2) is 9.97 Å². The number of aromatic nitrogens is 2. The van der Waals surface area contributed by atoms with Gasteiger partial charge in [-0.25, -0.2) is 9.97 Å². The van der Waals surface area contributed by atoms with Crippen molar-refractivity contribution in [2.24, 2.45) is 0 Å². The molecule has 0 saturated heterocycles. The molecule has 0 radical (unpaired) electrons. The average Bonchev–Trinajstić information content (AvgIpc) is 2.01. The van der Waals surface area contributed by atoms with E-state index >= 15 is 0 Å². The van der Waals surface area contributed by atoms with Crippen LogP contribution >= 0.6 is 39.1 Å². The maximum atomic E-state index is 5.77. The van der Waals surface area contributed by atoms with Gasteiger partial charge in [0.2, 0.25) is 0 Å². The van der Waals surface area contributed by atoms with Crippen LogP contribution in [0.5, 0.6) is 0 Å². The summed E-state index contributed by atoms with van der Waals surface area (Å²) in [6.45, 7) is 2.05. The first-order valence-corrected chi connectivity index (χ1v) is 5.07. The molecule has 0 amide bonds. The Morgan fingerprint density at radius 1 is 1.25 bits per heavy atom. The molecular formula is C7H7BrCl2N2. The molecule has 0 aliphatic rings. The lowest BCUT2D eigenvalue weighted by Crippen LogP contribution is -1.95. The highest BCUT2D eigenvalue weighted by Gasteiger charge is 2.07. The second-order valence-corrected chi connectivity index (χ2v) is 3.79. The van der Waals surface area contributed by atoms with E-state index in [0.29, 0.717) is 20.6 Å². The standard InChI is InChI=1S/C7H7BrCl2N2/c1-2-3-4-11-6(9)5(8)7(10)12-4/h2-3H2,1H3. The molecule has 0 aromatic carbocycles. The minimum atomic E-state index is 0.374. The fourth-order valence-electron chi connectivity index (χ4n) is 0.770. The molecule has 0 unspecified atom stereocenters. The molecular weight excluding hydrogens is 263 g/mol. The normalized spacial score (nSPS) is 10.3. The van der Waals surface area contributed by atoms with E-state index in [4.69, 9.17) is 23.2 Å². The van der Waals surface area contributed by atoms with Gasteiger partial charge >= 0.3 is 0 Å². The quantitative estimate of drug-likeness (QED) is 0.768. The smallest absolute Gasteiger partial charge is 0.148 e. The van der Waals surface area contributed by atoms with Gasteiger partial charge in [-0.3, -0.25) is 0 Å². The molecule has 1 rings (SSSR count). The first-order chi connectivity index (χ1) is 5.65. The number of halogens is 3. The van der Waals surface area contributed by atoms with Gasteiger partial charge in [-0.15, -0.1) is 0 Å². The predicted octanol–water partition coefficient (Wildman–Crippen LogP) is 3.50. The Labute approximate surface area is 89.4 Å². The summed E-state index contributed by atoms with van der Waals surface area (Å²) in [4.78, 5) is 8.09. The van der Waals surface area contributed by atoms with Crippen LogP contribution < -0.4 is 0 Å². The van der Waals surface area contributed by atoms with Crippen molar-refractivity contribution in [2.75, 3.05) is 0 Å². The number of nitrogens with zero attached hydrogens (tertiary/aromatic N) is 2. The van der Waals surface area contributed by atoms with E-state index in [0.717, 1.165) is 12.8 Å². The molecule has 0 bridgehead atoms. The van der Waals surface area contributed by atoms with Gasteiger partial charge in [-0.1, -0.05) is 30.1 Å². The summed E-state index contributed by atoms with van der Waals surface area (Å²) in [6, 6.07) is 0. The van der Waals surface area contributed by atoms with E-state index < -0.39 is 0 Å². The summed E-state index contributed by atoms with van der Waals surface area (Å²) in [5, 5.41) is 0.747. The van der Waals surface area contributed by atoms with Crippen molar-refractivity contribution in [3.8, 4) is 0 Å². The molecule has 0 aliphatic carbocycles. The van der Waals surface area contributed by atoms with Crippen molar-refractivity contribution in [1.82, 2.24) is 9.97 Å². The zero-order valence-electron chi connectivity index (χ0n) is 6.44. The van der Waals surface area contributed by atoms with Gasteiger partial charge in [-0.05, 0) is 22.4 Å². The van der Waals surface area contributed by atoms with Crippen molar-refractivity contribution in [1.29, 1.82) is 0 Å². The first kappa shape index (κ1) is 10.2. The van der Waals surface area contributed by atoms with Crippen LogP contribution in [0, 0.1) is 0 Å². The van der Waals surface area contributed by atoms with E-state index in [-0.39, 0.29) is 0 Å². The second-order valence-electron chi connectivity index (χ2n) is 2.29. The van der Waals surface area contributed by atoms with Crippen LogP contribution in [0.4, 0.5) is 0 Å². The van der Waals surface area contributed by atoms with Gasteiger partial charge in [0.1, 0.15) is 16.1 Å². The van der Waals surface area contributed by atoms with Crippen LogP contribution in [0.15, 0.2) is 4.47 Å². The first-order valence-electron chi connectivity index (χ1n) is 3.52. The number of aryl methyl sites for hydroxylation is 1. The highest BCUT2D eigenvalue weighted by molar-refractivity contribution is 9.10. The lowest BCUT2D eigenvalue weighted by atomic mass is 10.3. The van der Waals surface area contributed by atoms with Crippen molar-refractivity contribution in [3.05, 3.63) is 20.6 Å². The molecule has 0 atom stereocenters. The average molecular weight is 270 g/mol. The molecule has 1 heterocycles. The van der Waals surface area contributed by atoms with Crippen LogP contribution in [0.25, 0.3) is 0 Å². The second kappa shape index (κ2) is 4.40. The Bertz CT molecular complexity index is 268. The van der Waals surface area contributed by atoms with Crippen LogP contribution in [0.2, 0.25) is 10.3 Å². The Morgan fingerprint density at radius 3 is 2.17 bits per heavy atom. The molecule has 1 aromatic heterocycles. The molecule has 0 fully saturated rings. The van der Waals surface area contributed by atoms with Crippen molar-refractivity contribution >= 4 is 39.1 Å². The van der Waals surface area contributed by atoms with Crippen molar-refractivity contribution < 1.29 is 0 Å².